The number of ether oxygens (including phenoxy) is 2. The number of hydrogen-bond donors (Lipinski definition) is 6. The fraction of sp³-hybridized carbons (Fsp3) is 0.183. The molecule has 0 amide bonds. The molecule has 12 rings (SSSR count). The molecule has 15 heteroatoms. The van der Waals surface area contributed by atoms with Crippen molar-refractivity contribution in [2.75, 3.05) is 40.7 Å². The van der Waals surface area contributed by atoms with Crippen LogP contribution in [0.3, 0.4) is 0 Å². The molecule has 0 aromatic heterocycles. The van der Waals surface area contributed by atoms with Gasteiger partial charge in [0.05, 0.1) is 47.1 Å². The number of rotatable bonds is 15. The number of allylic oxidation sites excluding steroid dienone is 2. The third-order valence-electron chi connectivity index (χ3n) is 15.1. The largest absolute Gasteiger partial charge is 0.506 e. The highest BCUT2D eigenvalue weighted by Crippen LogP contribution is 2.56. The molecule has 2 unspecified atom stereocenters. The van der Waals surface area contributed by atoms with E-state index in [1.54, 1.807) is 0 Å². The van der Waals surface area contributed by atoms with E-state index in [-0.39, 0.29) is 60.2 Å². The lowest BCUT2D eigenvalue weighted by Crippen LogP contribution is -2.45. The number of carbonyl (C=O) groups excluding carboxylic acids is 1. The minimum absolute atomic E-state index is 0.134. The Morgan fingerprint density at radius 1 is 0.573 bits per heavy atom. The first kappa shape index (κ1) is 48.0. The predicted octanol–water partition coefficient (Wildman–Crippen LogP) is 10.3. The van der Waals surface area contributed by atoms with Crippen LogP contribution in [0.5, 0.6) is 11.5 Å². The van der Waals surface area contributed by atoms with E-state index >= 15 is 0 Å². The van der Waals surface area contributed by atoms with Gasteiger partial charge in [-0.2, -0.15) is 16.8 Å². The summed E-state index contributed by atoms with van der Waals surface area (Å²) < 4.78 is 75.8. The number of fused-ring (bicyclic) bond motifs is 9. The monoisotopic (exact) mass is 1040 g/mol. The highest BCUT2D eigenvalue weighted by Gasteiger charge is 2.48. The van der Waals surface area contributed by atoms with Crippen LogP contribution in [0, 0.1) is 0 Å². The van der Waals surface area contributed by atoms with Crippen molar-refractivity contribution in [1.29, 1.82) is 0 Å². The maximum absolute atomic E-state index is 14.9. The van der Waals surface area contributed by atoms with Crippen LogP contribution < -0.4 is 35.9 Å². The minimum Gasteiger partial charge on any atom is -0.506 e. The number of ketones is 1. The molecule has 0 saturated heterocycles. The van der Waals surface area contributed by atoms with Crippen molar-refractivity contribution < 1.29 is 45.3 Å². The normalized spacial score (nSPS) is 18.7. The highest BCUT2D eigenvalue weighted by atomic mass is 32.2. The third kappa shape index (κ3) is 8.09. The Morgan fingerprint density at radius 2 is 1.13 bits per heavy atom. The average molecular weight is 1040 g/mol. The van der Waals surface area contributed by atoms with Gasteiger partial charge in [-0.1, -0.05) is 116 Å². The van der Waals surface area contributed by atoms with Gasteiger partial charge in [-0.15, -0.1) is 0 Å². The molecule has 1 aliphatic heterocycles. The lowest BCUT2D eigenvalue weighted by Gasteiger charge is -2.41. The second-order valence-corrected chi connectivity index (χ2v) is 22.9. The van der Waals surface area contributed by atoms with E-state index in [0.29, 0.717) is 46.0 Å². The first-order valence-electron chi connectivity index (χ1n) is 24.8. The maximum Gasteiger partial charge on any atom is 0.264 e. The van der Waals surface area contributed by atoms with Gasteiger partial charge in [-0.25, -0.2) is 0 Å². The Morgan fingerprint density at radius 3 is 1.80 bits per heavy atom. The number of carbonyl (C=O) groups is 1. The summed E-state index contributed by atoms with van der Waals surface area (Å²) >= 11 is 0. The molecule has 0 radical (unpaired) electrons. The number of anilines is 3. The average Bonchev–Trinajstić information content (AvgIpc) is 3.86. The molecule has 8 aromatic rings. The summed E-state index contributed by atoms with van der Waals surface area (Å²) in [4.78, 5) is 14.9. The van der Waals surface area contributed by atoms with Crippen LogP contribution in [0.4, 0.5) is 17.1 Å². The van der Waals surface area contributed by atoms with E-state index in [1.165, 1.54) is 0 Å². The molecule has 1 spiro atoms. The van der Waals surface area contributed by atoms with E-state index < -0.39 is 31.4 Å². The van der Waals surface area contributed by atoms with Gasteiger partial charge < -0.3 is 30.5 Å². The Kier molecular flexibility index (Phi) is 11.4. The quantitative estimate of drug-likeness (QED) is 0.0419. The SMILES string of the molecule is C=c1/c(=C2/C(=O)C(c3ccc4cccc5c4c3NC3(N5)c4ccccc4-c4ccc(OCCCCS(=O)(=O)O)cc43)=C2O)ccc2cccc(NC3(C)c4ccccc4-c4ccc(OCCCCS(=O)(=O)O)cc43)c12. The molecule has 0 bridgehead atoms. The number of Topliss-reactive ketones (excluding diaryl/α,β-unsaturated/α-hetero) is 1. The number of unbranched alkanes of at least 4 members (excludes halogenated alkanes) is 2. The van der Waals surface area contributed by atoms with E-state index in [0.717, 1.165) is 77.4 Å². The summed E-state index contributed by atoms with van der Waals surface area (Å²) in [7, 11) is -8.13. The first-order chi connectivity index (χ1) is 36.0. The number of benzene rings is 8. The van der Waals surface area contributed by atoms with E-state index in [4.69, 9.17) is 9.47 Å². The van der Waals surface area contributed by atoms with Crippen LogP contribution in [0.1, 0.15) is 60.4 Å². The van der Waals surface area contributed by atoms with Crippen molar-refractivity contribution in [3.63, 3.8) is 0 Å². The smallest absolute Gasteiger partial charge is 0.264 e. The fourth-order valence-electron chi connectivity index (χ4n) is 11.7. The second-order valence-electron chi connectivity index (χ2n) is 19.8. The minimum atomic E-state index is -4.07. The van der Waals surface area contributed by atoms with Crippen LogP contribution >= 0.6 is 0 Å². The van der Waals surface area contributed by atoms with Crippen molar-refractivity contribution in [3.05, 3.63) is 190 Å². The number of aliphatic hydroxyl groups excluding tert-OH is 1. The zero-order valence-electron chi connectivity index (χ0n) is 40.7. The Balaban J connectivity index is 0.917. The number of hydrogen-bond acceptors (Lipinski definition) is 11. The van der Waals surface area contributed by atoms with E-state index in [2.05, 4.69) is 53.7 Å². The summed E-state index contributed by atoms with van der Waals surface area (Å²) in [5.74, 6) is 0.0806. The summed E-state index contributed by atoms with van der Waals surface area (Å²) in [5.41, 5.74) is 9.31. The lowest BCUT2D eigenvalue weighted by atomic mass is 9.79. The third-order valence-corrected chi connectivity index (χ3v) is 16.7. The number of aliphatic hydroxyl groups is 1. The molecule has 6 N–H and O–H groups in total. The van der Waals surface area contributed by atoms with Gasteiger partial charge in [0.15, 0.2) is 5.66 Å². The lowest BCUT2D eigenvalue weighted by molar-refractivity contribution is -0.109. The molecule has 0 saturated carbocycles. The molecule has 0 fully saturated rings. The van der Waals surface area contributed by atoms with Crippen molar-refractivity contribution >= 4 is 82.4 Å². The van der Waals surface area contributed by atoms with Gasteiger partial charge in [-0.3, -0.25) is 13.9 Å². The van der Waals surface area contributed by atoms with Crippen LogP contribution in [0.2, 0.25) is 0 Å². The molecule has 4 aliphatic rings. The first-order valence-corrected chi connectivity index (χ1v) is 28.0. The van der Waals surface area contributed by atoms with Crippen molar-refractivity contribution in [1.82, 2.24) is 0 Å². The van der Waals surface area contributed by atoms with Crippen molar-refractivity contribution in [2.24, 2.45) is 0 Å². The Labute approximate surface area is 433 Å². The van der Waals surface area contributed by atoms with Gasteiger partial charge in [0, 0.05) is 38.8 Å². The molecule has 378 valence electrons. The predicted molar refractivity (Wildman–Crippen MR) is 295 cm³/mol. The maximum atomic E-state index is 14.9. The van der Waals surface area contributed by atoms with E-state index in [1.807, 2.05) is 121 Å². The second kappa shape index (κ2) is 17.9. The topological polar surface area (TPSA) is 201 Å². The van der Waals surface area contributed by atoms with Crippen molar-refractivity contribution in [2.45, 2.75) is 43.8 Å². The van der Waals surface area contributed by atoms with Gasteiger partial charge in [0.25, 0.3) is 20.2 Å². The Bertz CT molecular complexity index is 4160. The van der Waals surface area contributed by atoms with Crippen LogP contribution in [-0.2, 0) is 36.2 Å². The van der Waals surface area contributed by atoms with Gasteiger partial charge in [0.1, 0.15) is 17.3 Å². The number of nitrogens with one attached hydrogen (secondary N) is 3. The summed E-state index contributed by atoms with van der Waals surface area (Å²) in [6, 6.07) is 47.7. The van der Waals surface area contributed by atoms with Crippen molar-refractivity contribution in [3.8, 4) is 33.8 Å². The van der Waals surface area contributed by atoms with Crippen LogP contribution in [0.25, 0.3) is 61.5 Å². The molecule has 13 nitrogen and oxygen atoms in total. The molecular formula is C60H51N3O10S2. The molecular weight excluding hydrogens is 987 g/mol. The van der Waals surface area contributed by atoms with Crippen LogP contribution in [-0.4, -0.2) is 61.6 Å². The zero-order valence-corrected chi connectivity index (χ0v) is 42.4. The summed E-state index contributed by atoms with van der Waals surface area (Å²) in [5, 5.41) is 28.5. The van der Waals surface area contributed by atoms with Gasteiger partial charge >= 0.3 is 0 Å². The molecule has 8 aromatic carbocycles. The molecule has 2 atom stereocenters. The molecule has 75 heavy (non-hydrogen) atoms. The zero-order chi connectivity index (χ0) is 52.0. The van der Waals surface area contributed by atoms with Crippen LogP contribution in [0.15, 0.2) is 151 Å². The highest BCUT2D eigenvalue weighted by molar-refractivity contribution is 7.86. The van der Waals surface area contributed by atoms with E-state index in [9.17, 15) is 35.8 Å². The summed E-state index contributed by atoms with van der Waals surface area (Å²) in [6.45, 7) is 7.23. The van der Waals surface area contributed by atoms with Gasteiger partial charge in [-0.05, 0) is 124 Å². The Hall–Kier alpha value is -7.95. The van der Waals surface area contributed by atoms with Gasteiger partial charge in [0.2, 0.25) is 5.78 Å². The summed E-state index contributed by atoms with van der Waals surface area (Å²) in [6.07, 6.45) is 1.39. The molecule has 3 aliphatic carbocycles. The standard InChI is InChI=1S/C60H51N3O10S2/c1-35-40(25-21-36-13-11-19-50(52(35)36)61-59(2)46-17-5-3-15-41(46)43-27-23-38(33-48(43)59)72-29-7-9-31-74(66,67)68)54-57(64)55(58(54)65)45-26-22-37-14-12-20-51-53(37)56(45)63-60(62-51)47-18-6-4-16-42(47)44-28-24-39(34-49(44)60)73-30-8-10-32-75(69,70)71/h3-6,11-28,33-34,61-64H,1,7-10,29-32H2,2H3,(H,66,67,68)(H,69,70,71)/b54-40+. The fourth-order valence-corrected chi connectivity index (χ4v) is 12.8. The molecule has 1 heterocycles.